The number of hydrogen-bond donors (Lipinski definition) is 9. The normalized spacial score (nSPS) is 57.2. The summed E-state index contributed by atoms with van der Waals surface area (Å²) in [5.41, 5.74) is -0.453. The van der Waals surface area contributed by atoms with Crippen molar-refractivity contribution in [3.05, 3.63) is 11.6 Å². The first-order chi connectivity index (χ1) is 29.6. The minimum atomic E-state index is -1.79. The fourth-order valence-electron chi connectivity index (χ4n) is 15.6. The predicted molar refractivity (Wildman–Crippen MR) is 219 cm³/mol. The zero-order valence-corrected chi connectivity index (χ0v) is 37.8. The van der Waals surface area contributed by atoms with Gasteiger partial charge >= 0.3 is 0 Å². The molecule has 5 saturated heterocycles. The van der Waals surface area contributed by atoms with Gasteiger partial charge in [-0.25, -0.2) is 0 Å². The van der Waals surface area contributed by atoms with E-state index in [1.165, 1.54) is 0 Å². The quantitative estimate of drug-likeness (QED) is 0.114. The second-order valence-electron chi connectivity index (χ2n) is 22.5. The Hall–Kier alpha value is -0.940. The van der Waals surface area contributed by atoms with Gasteiger partial charge < -0.3 is 83.9 Å². The van der Waals surface area contributed by atoms with E-state index in [0.29, 0.717) is 25.4 Å². The van der Waals surface area contributed by atoms with Crippen molar-refractivity contribution in [1.82, 2.24) is 0 Å². The SMILES string of the molecule is CC(C)=CC1C[C@@](C)(O)[C@@H]2[C@H]3CC[C@@H]4[C@@]5(C)CC[C@H](O[C@@H]6OC[C@H](O)[C@H](O[C@@H]7O[C@H](CO)[C@@H](O)[C@H](O)[C@H]7O)[C@H]6O[C@@H]6O[C@@H](CO)[C@H](O)[C@H]6O)C(C)(C)[C@@H]5CC[C@@]4(C)[C@@]34CO[C@@]2(C4)O1. The molecule has 0 aromatic carbocycles. The second kappa shape index (κ2) is 16.4. The summed E-state index contributed by atoms with van der Waals surface area (Å²) in [6, 6.07) is 0. The number of fused-ring (bicyclic) bond motifs is 4. The lowest BCUT2D eigenvalue weighted by Crippen LogP contribution is -2.67. The summed E-state index contributed by atoms with van der Waals surface area (Å²) < 4.78 is 50.7. The highest BCUT2D eigenvalue weighted by Gasteiger charge is 2.81. The summed E-state index contributed by atoms with van der Waals surface area (Å²) in [4.78, 5) is 0. The highest BCUT2D eigenvalue weighted by molar-refractivity contribution is 5.26. The van der Waals surface area contributed by atoms with E-state index in [4.69, 9.17) is 37.9 Å². The molecule has 9 fully saturated rings. The maximum atomic E-state index is 12.2. The van der Waals surface area contributed by atoms with Crippen LogP contribution in [0.25, 0.3) is 0 Å². The monoisotopic (exact) mass is 898 g/mol. The number of allylic oxidation sites excluding steroid dienone is 1. The third-order valence-electron chi connectivity index (χ3n) is 18.4. The molecule has 9 aliphatic rings. The number of aliphatic hydroxyl groups is 9. The number of hydrogen-bond acceptors (Lipinski definition) is 17. The highest BCUT2D eigenvalue weighted by Crippen LogP contribution is 2.80. The molecule has 17 heteroatoms. The molecule has 1 unspecified atom stereocenters. The van der Waals surface area contributed by atoms with Crippen molar-refractivity contribution in [2.24, 2.45) is 45.3 Å². The van der Waals surface area contributed by atoms with Gasteiger partial charge in [-0.15, -0.1) is 0 Å². The summed E-state index contributed by atoms with van der Waals surface area (Å²) >= 11 is 0. The molecule has 9 rings (SSSR count). The Morgan fingerprint density at radius 2 is 1.35 bits per heavy atom. The van der Waals surface area contributed by atoms with Gasteiger partial charge in [-0.1, -0.05) is 39.3 Å². The van der Waals surface area contributed by atoms with E-state index in [0.717, 1.165) is 44.1 Å². The topological polar surface area (TPSA) is 256 Å². The summed E-state index contributed by atoms with van der Waals surface area (Å²) in [6.45, 7) is 14.6. The Morgan fingerprint density at radius 1 is 0.714 bits per heavy atom. The van der Waals surface area contributed by atoms with Crippen LogP contribution in [-0.4, -0.2) is 176 Å². The molecule has 9 N–H and O–H groups in total. The molecule has 0 amide bonds. The molecule has 5 heterocycles. The Bertz CT molecular complexity index is 1710. The van der Waals surface area contributed by atoms with E-state index >= 15 is 0 Å². The standard InChI is InChI=1S/C46H74O17/c1-21(2)14-22-15-44(7,55)37-23-8-9-28-42(5)12-11-29(41(3,4)27(42)10-13-43(28,6)45(23)19-46(37,63-22)57-20-45)60-40-36(62-38-33(53)31(51)26(17-48)59-38)35(24(49)18-56-40)61-39-34(54)32(52)30(50)25(16-47)58-39/h14,22-40,47-55H,8-13,15-20H2,1-7H3/t22?,23-,24+,25-,26+,27+,28-,29+,30-,31+,32+,33-,34-,35+,36-,37+,38+,39+,40+,42+,43-,44-,45+,46+/m1/s1. The summed E-state index contributed by atoms with van der Waals surface area (Å²) in [5.74, 6) is -0.0237. The maximum Gasteiger partial charge on any atom is 0.187 e. The maximum absolute atomic E-state index is 12.2. The van der Waals surface area contributed by atoms with Crippen LogP contribution in [0.5, 0.6) is 0 Å². The van der Waals surface area contributed by atoms with E-state index in [1.54, 1.807) is 0 Å². The molecule has 63 heavy (non-hydrogen) atoms. The van der Waals surface area contributed by atoms with Gasteiger partial charge in [0, 0.05) is 24.2 Å². The van der Waals surface area contributed by atoms with Crippen LogP contribution in [0.1, 0.15) is 99.8 Å². The van der Waals surface area contributed by atoms with Crippen molar-refractivity contribution in [3.8, 4) is 0 Å². The zero-order valence-electron chi connectivity index (χ0n) is 37.8. The van der Waals surface area contributed by atoms with Crippen LogP contribution in [0.4, 0.5) is 0 Å². The van der Waals surface area contributed by atoms with Crippen LogP contribution in [0.15, 0.2) is 11.6 Å². The number of rotatable bonds is 9. The molecular weight excluding hydrogens is 824 g/mol. The fraction of sp³-hybridized carbons (Fsp3) is 0.957. The second-order valence-corrected chi connectivity index (χ2v) is 22.5. The predicted octanol–water partition coefficient (Wildman–Crippen LogP) is 0.606. The van der Waals surface area contributed by atoms with Gasteiger partial charge in [-0.05, 0) is 93.3 Å². The van der Waals surface area contributed by atoms with Gasteiger partial charge in [0.1, 0.15) is 61.0 Å². The van der Waals surface area contributed by atoms with E-state index in [-0.39, 0.29) is 52.8 Å². The number of ether oxygens (including phenoxy) is 8. The van der Waals surface area contributed by atoms with Crippen LogP contribution in [0.2, 0.25) is 0 Å². The van der Waals surface area contributed by atoms with Crippen molar-refractivity contribution in [2.45, 2.75) is 203 Å². The van der Waals surface area contributed by atoms with Crippen molar-refractivity contribution in [3.63, 3.8) is 0 Å². The number of aliphatic hydroxyl groups excluding tert-OH is 8. The largest absolute Gasteiger partial charge is 0.394 e. The Labute approximate surface area is 369 Å². The van der Waals surface area contributed by atoms with E-state index in [1.807, 2.05) is 6.92 Å². The van der Waals surface area contributed by atoms with Gasteiger partial charge in [0.05, 0.1) is 44.2 Å². The van der Waals surface area contributed by atoms with E-state index in [9.17, 15) is 46.0 Å². The lowest BCUT2D eigenvalue weighted by atomic mass is 9.35. The summed E-state index contributed by atoms with van der Waals surface area (Å²) in [7, 11) is 0. The van der Waals surface area contributed by atoms with Gasteiger partial charge in [0.2, 0.25) is 0 Å². The molecule has 2 bridgehead atoms. The average Bonchev–Trinajstić information content (AvgIpc) is 3.83. The first-order valence-electron chi connectivity index (χ1n) is 23.5. The van der Waals surface area contributed by atoms with Gasteiger partial charge in [0.25, 0.3) is 0 Å². The Kier molecular flexibility index (Phi) is 12.2. The fourth-order valence-corrected chi connectivity index (χ4v) is 15.6. The molecule has 360 valence electrons. The third-order valence-corrected chi connectivity index (χ3v) is 18.4. The molecule has 24 atom stereocenters. The molecular formula is C46H74O17. The van der Waals surface area contributed by atoms with Gasteiger partial charge in [-0.3, -0.25) is 0 Å². The molecule has 4 aliphatic carbocycles. The molecule has 17 nitrogen and oxygen atoms in total. The van der Waals surface area contributed by atoms with Crippen molar-refractivity contribution < 1.29 is 83.9 Å². The lowest BCUT2D eigenvalue weighted by molar-refractivity contribution is -0.375. The molecule has 0 aromatic heterocycles. The minimum absolute atomic E-state index is 0.0626. The third kappa shape index (κ3) is 7.11. The van der Waals surface area contributed by atoms with Crippen molar-refractivity contribution >= 4 is 0 Å². The molecule has 0 radical (unpaired) electrons. The molecule has 5 aliphatic heterocycles. The zero-order chi connectivity index (χ0) is 45.4. The Morgan fingerprint density at radius 3 is 2.00 bits per heavy atom. The summed E-state index contributed by atoms with van der Waals surface area (Å²) in [6.07, 6.45) is -11.0. The molecule has 0 aromatic rings. The minimum Gasteiger partial charge on any atom is -0.394 e. The van der Waals surface area contributed by atoms with E-state index < -0.39 is 110 Å². The smallest absolute Gasteiger partial charge is 0.187 e. The van der Waals surface area contributed by atoms with Crippen LogP contribution in [-0.2, 0) is 37.9 Å². The summed E-state index contributed by atoms with van der Waals surface area (Å²) in [5, 5.41) is 96.7. The van der Waals surface area contributed by atoms with Crippen molar-refractivity contribution in [1.29, 1.82) is 0 Å². The highest BCUT2D eigenvalue weighted by atomic mass is 16.8. The van der Waals surface area contributed by atoms with Crippen LogP contribution < -0.4 is 0 Å². The average molecular weight is 899 g/mol. The van der Waals surface area contributed by atoms with Gasteiger partial charge in [-0.2, -0.15) is 0 Å². The van der Waals surface area contributed by atoms with Crippen LogP contribution in [0, 0.1) is 45.3 Å². The van der Waals surface area contributed by atoms with Crippen LogP contribution >= 0.6 is 0 Å². The first kappa shape index (κ1) is 47.1. The Balaban J connectivity index is 0.969. The molecule has 4 saturated carbocycles. The molecule has 2 spiro atoms. The van der Waals surface area contributed by atoms with Crippen LogP contribution in [0.3, 0.4) is 0 Å². The lowest BCUT2D eigenvalue weighted by Gasteiger charge is -2.70. The van der Waals surface area contributed by atoms with E-state index in [2.05, 4.69) is 47.6 Å². The van der Waals surface area contributed by atoms with Gasteiger partial charge in [0.15, 0.2) is 24.7 Å². The van der Waals surface area contributed by atoms with Crippen molar-refractivity contribution in [2.75, 3.05) is 26.4 Å². The first-order valence-corrected chi connectivity index (χ1v) is 23.5.